The molecule has 0 aromatic heterocycles. The standard InChI is InChI=1S/C14H18F4/c1-3-5-7-9-10(8-6-4-2)12(16)14(18)13(17)11(9)15/h3-8H2,1-2H3. The van der Waals surface area contributed by atoms with Crippen molar-refractivity contribution < 1.29 is 17.6 Å². The van der Waals surface area contributed by atoms with Gasteiger partial charge in [-0.05, 0) is 36.8 Å². The van der Waals surface area contributed by atoms with E-state index in [2.05, 4.69) is 0 Å². The lowest BCUT2D eigenvalue weighted by Crippen LogP contribution is -2.09. The highest BCUT2D eigenvalue weighted by Crippen LogP contribution is 2.27. The Morgan fingerprint density at radius 3 is 1.22 bits per heavy atom. The molecule has 0 radical (unpaired) electrons. The quantitative estimate of drug-likeness (QED) is 0.387. The summed E-state index contributed by atoms with van der Waals surface area (Å²) in [6, 6.07) is 0. The minimum Gasteiger partial charge on any atom is -0.203 e. The molecule has 0 saturated carbocycles. The Morgan fingerprint density at radius 2 is 0.944 bits per heavy atom. The second kappa shape index (κ2) is 6.76. The first-order valence-corrected chi connectivity index (χ1v) is 6.38. The van der Waals surface area contributed by atoms with Gasteiger partial charge in [-0.3, -0.25) is 0 Å². The van der Waals surface area contributed by atoms with Crippen molar-refractivity contribution in [2.75, 3.05) is 0 Å². The van der Waals surface area contributed by atoms with E-state index in [1.54, 1.807) is 0 Å². The fraction of sp³-hybridized carbons (Fsp3) is 0.571. The van der Waals surface area contributed by atoms with E-state index >= 15 is 0 Å². The van der Waals surface area contributed by atoms with Gasteiger partial charge in [0, 0.05) is 0 Å². The molecule has 0 spiro atoms. The lowest BCUT2D eigenvalue weighted by atomic mass is 9.96. The first-order chi connectivity index (χ1) is 8.54. The molecule has 1 rings (SSSR count). The third-order valence-electron chi connectivity index (χ3n) is 3.03. The van der Waals surface area contributed by atoms with E-state index in [0.29, 0.717) is 12.8 Å². The number of benzene rings is 1. The number of hydrogen-bond acceptors (Lipinski definition) is 0. The van der Waals surface area contributed by atoms with Crippen molar-refractivity contribution in [3.63, 3.8) is 0 Å². The number of rotatable bonds is 6. The van der Waals surface area contributed by atoms with Crippen LogP contribution in [0.4, 0.5) is 17.6 Å². The van der Waals surface area contributed by atoms with E-state index < -0.39 is 23.3 Å². The second-order valence-electron chi connectivity index (χ2n) is 4.42. The Labute approximate surface area is 105 Å². The van der Waals surface area contributed by atoms with Crippen molar-refractivity contribution in [2.24, 2.45) is 0 Å². The molecule has 18 heavy (non-hydrogen) atoms. The Bertz CT molecular complexity index is 374. The lowest BCUT2D eigenvalue weighted by molar-refractivity contribution is 0.396. The van der Waals surface area contributed by atoms with Gasteiger partial charge in [0.1, 0.15) is 0 Å². The maximum atomic E-state index is 13.7. The van der Waals surface area contributed by atoms with Crippen LogP contribution in [0.25, 0.3) is 0 Å². The van der Waals surface area contributed by atoms with Crippen LogP contribution in [-0.4, -0.2) is 0 Å². The van der Waals surface area contributed by atoms with Crippen LogP contribution in [0.3, 0.4) is 0 Å². The van der Waals surface area contributed by atoms with Crippen LogP contribution in [0, 0.1) is 23.3 Å². The van der Waals surface area contributed by atoms with Gasteiger partial charge in [-0.1, -0.05) is 26.7 Å². The highest BCUT2D eigenvalue weighted by atomic mass is 19.2. The third-order valence-corrected chi connectivity index (χ3v) is 3.03. The van der Waals surface area contributed by atoms with Crippen molar-refractivity contribution in [2.45, 2.75) is 52.4 Å². The minimum absolute atomic E-state index is 0.00157. The first kappa shape index (κ1) is 15.0. The van der Waals surface area contributed by atoms with Crippen LogP contribution in [-0.2, 0) is 12.8 Å². The predicted octanol–water partition coefficient (Wildman–Crippen LogP) is 4.93. The van der Waals surface area contributed by atoms with Crippen LogP contribution in [0.2, 0.25) is 0 Å². The molecule has 0 heterocycles. The minimum atomic E-state index is -1.70. The van der Waals surface area contributed by atoms with Crippen molar-refractivity contribution >= 4 is 0 Å². The van der Waals surface area contributed by atoms with Gasteiger partial charge in [-0.25, -0.2) is 17.6 Å². The molecule has 0 atom stereocenters. The summed E-state index contributed by atoms with van der Waals surface area (Å²) in [5.41, 5.74) is 0.00315. The summed E-state index contributed by atoms with van der Waals surface area (Å²) in [6.45, 7) is 3.81. The van der Waals surface area contributed by atoms with Gasteiger partial charge in [0.25, 0.3) is 0 Å². The van der Waals surface area contributed by atoms with Crippen LogP contribution in [0.1, 0.15) is 50.7 Å². The average Bonchev–Trinajstić information content (AvgIpc) is 2.38. The fourth-order valence-electron chi connectivity index (χ4n) is 1.95. The van der Waals surface area contributed by atoms with Crippen LogP contribution < -0.4 is 0 Å². The molecule has 0 amide bonds. The molecule has 0 bridgehead atoms. The zero-order chi connectivity index (χ0) is 13.7. The predicted molar refractivity (Wildman–Crippen MR) is 63.5 cm³/mol. The largest absolute Gasteiger partial charge is 0.203 e. The van der Waals surface area contributed by atoms with Crippen molar-refractivity contribution in [1.29, 1.82) is 0 Å². The fourth-order valence-corrected chi connectivity index (χ4v) is 1.95. The average molecular weight is 262 g/mol. The summed E-state index contributed by atoms with van der Waals surface area (Å²) in [5.74, 6) is -5.85. The van der Waals surface area contributed by atoms with Gasteiger partial charge >= 0.3 is 0 Å². The molecule has 0 N–H and O–H groups in total. The Morgan fingerprint density at radius 1 is 0.611 bits per heavy atom. The maximum absolute atomic E-state index is 13.7. The van der Waals surface area contributed by atoms with Gasteiger partial charge in [0.15, 0.2) is 23.3 Å². The smallest absolute Gasteiger partial charge is 0.197 e. The van der Waals surface area contributed by atoms with E-state index in [1.165, 1.54) is 0 Å². The van der Waals surface area contributed by atoms with Gasteiger partial charge in [0.2, 0.25) is 0 Å². The first-order valence-electron chi connectivity index (χ1n) is 6.38. The zero-order valence-corrected chi connectivity index (χ0v) is 10.8. The van der Waals surface area contributed by atoms with Gasteiger partial charge in [-0.15, -0.1) is 0 Å². The molecular weight excluding hydrogens is 244 g/mol. The maximum Gasteiger partial charge on any atom is 0.197 e. The molecule has 0 saturated heterocycles. The molecule has 0 aliphatic rings. The van der Waals surface area contributed by atoms with Crippen molar-refractivity contribution in [3.05, 3.63) is 34.4 Å². The van der Waals surface area contributed by atoms with Crippen LogP contribution in [0.15, 0.2) is 0 Å². The van der Waals surface area contributed by atoms with Crippen molar-refractivity contribution in [1.82, 2.24) is 0 Å². The highest BCUT2D eigenvalue weighted by Gasteiger charge is 2.24. The molecule has 0 fully saturated rings. The van der Waals surface area contributed by atoms with Crippen LogP contribution in [0.5, 0.6) is 0 Å². The molecule has 0 aliphatic carbocycles. The van der Waals surface area contributed by atoms with E-state index in [-0.39, 0.29) is 24.0 Å². The molecule has 4 heteroatoms. The Kier molecular flexibility index (Phi) is 5.63. The molecule has 0 aliphatic heterocycles. The van der Waals surface area contributed by atoms with Gasteiger partial charge in [0.05, 0.1) is 0 Å². The van der Waals surface area contributed by atoms with Gasteiger partial charge < -0.3 is 0 Å². The van der Waals surface area contributed by atoms with E-state index in [4.69, 9.17) is 0 Å². The van der Waals surface area contributed by atoms with Gasteiger partial charge in [-0.2, -0.15) is 0 Å². The Hall–Kier alpha value is -1.06. The van der Waals surface area contributed by atoms with E-state index in [1.807, 2.05) is 13.8 Å². The second-order valence-corrected chi connectivity index (χ2v) is 4.42. The normalized spacial score (nSPS) is 11.0. The molecular formula is C14H18F4. The summed E-state index contributed by atoms with van der Waals surface area (Å²) < 4.78 is 53.7. The monoisotopic (exact) mass is 262 g/mol. The molecule has 0 nitrogen and oxygen atoms in total. The summed E-state index contributed by atoms with van der Waals surface area (Å²) in [7, 11) is 0. The van der Waals surface area contributed by atoms with E-state index in [0.717, 1.165) is 12.8 Å². The third kappa shape index (κ3) is 3.03. The summed E-state index contributed by atoms with van der Waals surface area (Å²) in [4.78, 5) is 0. The SMILES string of the molecule is CCCCc1c(F)c(F)c(F)c(F)c1CCCC. The molecule has 0 unspecified atom stereocenters. The highest BCUT2D eigenvalue weighted by molar-refractivity contribution is 5.32. The van der Waals surface area contributed by atoms with E-state index in [9.17, 15) is 17.6 Å². The summed E-state index contributed by atoms with van der Waals surface area (Å²) in [5, 5.41) is 0. The van der Waals surface area contributed by atoms with Crippen LogP contribution >= 0.6 is 0 Å². The number of hydrogen-bond donors (Lipinski definition) is 0. The molecule has 1 aromatic carbocycles. The summed E-state index contributed by atoms with van der Waals surface area (Å²) >= 11 is 0. The van der Waals surface area contributed by atoms with Crippen molar-refractivity contribution in [3.8, 4) is 0 Å². The number of unbranched alkanes of at least 4 members (excludes halogenated alkanes) is 2. The molecule has 1 aromatic rings. The zero-order valence-electron chi connectivity index (χ0n) is 10.8. The summed E-state index contributed by atoms with van der Waals surface area (Å²) in [6.07, 6.45) is 3.31. The molecule has 102 valence electrons. The lowest BCUT2D eigenvalue weighted by Gasteiger charge is -2.13. The number of halogens is 4. The topological polar surface area (TPSA) is 0 Å². The Balaban J connectivity index is 3.24.